The van der Waals surface area contributed by atoms with Crippen LogP contribution in [0.2, 0.25) is 5.02 Å². The summed E-state index contributed by atoms with van der Waals surface area (Å²) in [6.45, 7) is 5.85. The Labute approximate surface area is 121 Å². The maximum atomic E-state index is 11.7. The lowest BCUT2D eigenvalue weighted by molar-refractivity contribution is -0.151. The first kappa shape index (κ1) is 15.3. The van der Waals surface area contributed by atoms with Crippen LogP contribution in [0.15, 0.2) is 16.6 Å². The minimum absolute atomic E-state index is 0.339. The molecule has 0 saturated heterocycles. The Morgan fingerprint density at radius 3 is 2.61 bits per heavy atom. The molecular weight excluding hydrogens is 319 g/mol. The molecule has 0 amide bonds. The van der Waals surface area contributed by atoms with Gasteiger partial charge in [-0.25, -0.2) is 4.79 Å². The first-order chi connectivity index (χ1) is 8.49. The number of hydrogen-bond donors (Lipinski definition) is 0. The van der Waals surface area contributed by atoms with E-state index in [0.717, 1.165) is 10.0 Å². The number of rotatable bonds is 5. The van der Waals surface area contributed by atoms with Crippen LogP contribution in [0.3, 0.4) is 0 Å². The summed E-state index contributed by atoms with van der Waals surface area (Å²) in [5.74, 6) is 0.165. The van der Waals surface area contributed by atoms with Crippen molar-refractivity contribution in [3.05, 3.63) is 27.2 Å². The lowest BCUT2D eigenvalue weighted by Crippen LogP contribution is -2.29. The number of ether oxygens (including phenoxy) is 2. The lowest BCUT2D eigenvalue weighted by atomic mass is 10.2. The molecule has 0 spiro atoms. The maximum Gasteiger partial charge on any atom is 0.347 e. The molecule has 0 aliphatic heterocycles. The number of aryl methyl sites for hydroxylation is 1. The zero-order chi connectivity index (χ0) is 13.7. The first-order valence-electron chi connectivity index (χ1n) is 5.78. The van der Waals surface area contributed by atoms with Crippen LogP contribution in [0.4, 0.5) is 0 Å². The van der Waals surface area contributed by atoms with E-state index in [2.05, 4.69) is 15.9 Å². The molecule has 0 aromatic heterocycles. The predicted octanol–water partition coefficient (Wildman–Crippen LogP) is 4.13. The largest absolute Gasteiger partial charge is 0.477 e. The standard InChI is InChI=1S/C13H16BrClO3/c1-4-11(13(16)17-5-2)18-12-8(3)6-9(14)7-10(12)15/h6-7,11H,4-5H2,1-3H3. The van der Waals surface area contributed by atoms with Crippen LogP contribution in [0.25, 0.3) is 0 Å². The molecule has 0 heterocycles. The molecule has 1 unspecified atom stereocenters. The third-order valence-electron chi connectivity index (χ3n) is 2.37. The highest BCUT2D eigenvalue weighted by Crippen LogP contribution is 2.33. The highest BCUT2D eigenvalue weighted by atomic mass is 79.9. The minimum Gasteiger partial charge on any atom is -0.477 e. The highest BCUT2D eigenvalue weighted by Gasteiger charge is 2.21. The summed E-state index contributed by atoms with van der Waals surface area (Å²) in [7, 11) is 0. The molecule has 0 saturated carbocycles. The van der Waals surface area contributed by atoms with Crippen molar-refractivity contribution in [2.24, 2.45) is 0 Å². The number of halogens is 2. The van der Waals surface area contributed by atoms with Crippen LogP contribution in [0.1, 0.15) is 25.8 Å². The zero-order valence-corrected chi connectivity index (χ0v) is 13.0. The SMILES string of the molecule is CCOC(=O)C(CC)Oc1c(C)cc(Br)cc1Cl. The van der Waals surface area contributed by atoms with Crippen molar-refractivity contribution in [1.82, 2.24) is 0 Å². The fourth-order valence-corrected chi connectivity index (χ4v) is 2.53. The van der Waals surface area contributed by atoms with Crippen molar-refractivity contribution in [2.75, 3.05) is 6.61 Å². The average molecular weight is 336 g/mol. The van der Waals surface area contributed by atoms with Gasteiger partial charge in [-0.2, -0.15) is 0 Å². The summed E-state index contributed by atoms with van der Waals surface area (Å²) in [6.07, 6.45) is -0.0904. The van der Waals surface area contributed by atoms with E-state index in [4.69, 9.17) is 21.1 Å². The second-order valence-corrected chi connectivity index (χ2v) is 5.12. The summed E-state index contributed by atoms with van der Waals surface area (Å²) in [5.41, 5.74) is 0.872. The second-order valence-electron chi connectivity index (χ2n) is 3.80. The molecule has 0 N–H and O–H groups in total. The maximum absolute atomic E-state index is 11.7. The number of carbonyl (C=O) groups excluding carboxylic acids is 1. The Bertz CT molecular complexity index is 411. The molecule has 0 radical (unpaired) electrons. The van der Waals surface area contributed by atoms with Crippen LogP contribution in [-0.4, -0.2) is 18.7 Å². The van der Waals surface area contributed by atoms with Gasteiger partial charge in [0.2, 0.25) is 0 Å². The summed E-state index contributed by atoms with van der Waals surface area (Å²) in [4.78, 5) is 11.7. The Morgan fingerprint density at radius 1 is 1.44 bits per heavy atom. The summed E-state index contributed by atoms with van der Waals surface area (Å²) >= 11 is 9.46. The van der Waals surface area contributed by atoms with Crippen molar-refractivity contribution >= 4 is 33.5 Å². The fourth-order valence-electron chi connectivity index (χ4n) is 1.51. The van der Waals surface area contributed by atoms with Crippen LogP contribution in [0.5, 0.6) is 5.75 Å². The van der Waals surface area contributed by atoms with Gasteiger partial charge in [-0.3, -0.25) is 0 Å². The van der Waals surface area contributed by atoms with Gasteiger partial charge >= 0.3 is 5.97 Å². The van der Waals surface area contributed by atoms with E-state index in [9.17, 15) is 4.79 Å². The quantitative estimate of drug-likeness (QED) is 0.759. The van der Waals surface area contributed by atoms with E-state index in [1.807, 2.05) is 19.9 Å². The van der Waals surface area contributed by atoms with Gasteiger partial charge in [0.1, 0.15) is 5.75 Å². The van der Waals surface area contributed by atoms with Gasteiger partial charge in [0.05, 0.1) is 11.6 Å². The van der Waals surface area contributed by atoms with Gasteiger partial charge in [0.15, 0.2) is 6.10 Å². The van der Waals surface area contributed by atoms with Gasteiger partial charge in [-0.1, -0.05) is 34.5 Å². The molecule has 100 valence electrons. The summed E-state index contributed by atoms with van der Waals surface area (Å²) < 4.78 is 11.5. The smallest absolute Gasteiger partial charge is 0.347 e. The molecule has 5 heteroatoms. The molecule has 0 aliphatic carbocycles. The number of benzene rings is 1. The first-order valence-corrected chi connectivity index (χ1v) is 6.95. The van der Waals surface area contributed by atoms with E-state index < -0.39 is 6.10 Å². The third-order valence-corrected chi connectivity index (χ3v) is 3.11. The van der Waals surface area contributed by atoms with E-state index in [0.29, 0.717) is 23.8 Å². The number of esters is 1. The molecule has 3 nitrogen and oxygen atoms in total. The number of carbonyl (C=O) groups is 1. The van der Waals surface area contributed by atoms with Gasteiger partial charge < -0.3 is 9.47 Å². The minimum atomic E-state index is -0.623. The monoisotopic (exact) mass is 334 g/mol. The average Bonchev–Trinajstić information content (AvgIpc) is 2.28. The number of hydrogen-bond acceptors (Lipinski definition) is 3. The van der Waals surface area contributed by atoms with Crippen molar-refractivity contribution in [3.8, 4) is 5.75 Å². The summed E-state index contributed by atoms with van der Waals surface area (Å²) in [6, 6.07) is 3.63. The normalized spacial score (nSPS) is 12.1. The van der Waals surface area contributed by atoms with Crippen molar-refractivity contribution in [2.45, 2.75) is 33.3 Å². The molecule has 1 aromatic rings. The Kier molecular flexibility index (Phi) is 5.96. The van der Waals surface area contributed by atoms with Gasteiger partial charge in [-0.15, -0.1) is 0 Å². The molecule has 1 aromatic carbocycles. The highest BCUT2D eigenvalue weighted by molar-refractivity contribution is 9.10. The molecule has 0 fully saturated rings. The van der Waals surface area contributed by atoms with E-state index in [1.54, 1.807) is 13.0 Å². The van der Waals surface area contributed by atoms with Crippen molar-refractivity contribution in [1.29, 1.82) is 0 Å². The lowest BCUT2D eigenvalue weighted by Gasteiger charge is -2.18. The second kappa shape index (κ2) is 7.00. The van der Waals surface area contributed by atoms with E-state index >= 15 is 0 Å². The van der Waals surface area contributed by atoms with E-state index in [1.165, 1.54) is 0 Å². The third kappa shape index (κ3) is 3.89. The fraction of sp³-hybridized carbons (Fsp3) is 0.462. The van der Waals surface area contributed by atoms with Crippen LogP contribution in [-0.2, 0) is 9.53 Å². The van der Waals surface area contributed by atoms with Gasteiger partial charge in [-0.05, 0) is 38.0 Å². The zero-order valence-electron chi connectivity index (χ0n) is 10.6. The molecule has 18 heavy (non-hydrogen) atoms. The molecule has 0 bridgehead atoms. The topological polar surface area (TPSA) is 35.5 Å². The van der Waals surface area contributed by atoms with E-state index in [-0.39, 0.29) is 5.97 Å². The molecule has 0 aliphatic rings. The van der Waals surface area contributed by atoms with Gasteiger partial charge in [0.25, 0.3) is 0 Å². The molecule has 1 rings (SSSR count). The Hall–Kier alpha value is -0.740. The Balaban J connectivity index is 2.92. The molecular formula is C13H16BrClO3. The van der Waals surface area contributed by atoms with Crippen LogP contribution in [0, 0.1) is 6.92 Å². The van der Waals surface area contributed by atoms with Crippen molar-refractivity contribution in [3.63, 3.8) is 0 Å². The predicted molar refractivity (Wildman–Crippen MR) is 75.2 cm³/mol. The van der Waals surface area contributed by atoms with Crippen LogP contribution >= 0.6 is 27.5 Å². The van der Waals surface area contributed by atoms with Gasteiger partial charge in [0, 0.05) is 4.47 Å². The van der Waals surface area contributed by atoms with Crippen LogP contribution < -0.4 is 4.74 Å². The Morgan fingerprint density at radius 2 is 2.11 bits per heavy atom. The molecule has 1 atom stereocenters. The van der Waals surface area contributed by atoms with Crippen molar-refractivity contribution < 1.29 is 14.3 Å². The summed E-state index contributed by atoms with van der Waals surface area (Å²) in [5, 5.41) is 0.477.